The fraction of sp³-hybridized carbons (Fsp3) is 0.250. The maximum Gasteiger partial charge on any atom is 0.454 e. The van der Waals surface area contributed by atoms with Crippen LogP contribution < -0.4 is 5.73 Å². The molecule has 0 rings (SSSR count). The Balaban J connectivity index is 4.67. The van der Waals surface area contributed by atoms with Crippen molar-refractivity contribution in [1.82, 2.24) is 4.90 Å². The third-order valence-corrected chi connectivity index (χ3v) is 1.65. The first-order chi connectivity index (χ1) is 6.04. The van der Waals surface area contributed by atoms with E-state index in [0.29, 0.717) is 0 Å². The van der Waals surface area contributed by atoms with Gasteiger partial charge in [-0.3, -0.25) is 4.90 Å². The minimum Gasteiger partial charge on any atom is -0.391 e. The molecule has 1 unspecified atom stereocenters. The van der Waals surface area contributed by atoms with Gasteiger partial charge in [0, 0.05) is 6.54 Å². The molecule has 1 atom stereocenters. The van der Waals surface area contributed by atoms with Gasteiger partial charge in [0.25, 0.3) is 0 Å². The lowest BCUT2D eigenvalue weighted by atomic mass is 10.2. The van der Waals surface area contributed by atoms with Crippen LogP contribution in [0.5, 0.6) is 0 Å². The van der Waals surface area contributed by atoms with Crippen molar-refractivity contribution in [2.45, 2.75) is 6.04 Å². The van der Waals surface area contributed by atoms with Crippen LogP contribution in [0.25, 0.3) is 0 Å². The van der Waals surface area contributed by atoms with Crippen molar-refractivity contribution >= 4 is 23.3 Å². The summed E-state index contributed by atoms with van der Waals surface area (Å²) in [6.07, 6.45) is 1.42. The highest BCUT2D eigenvalue weighted by Gasteiger charge is 2.22. The number of nitrogens with zero attached hydrogens (tertiary/aromatic N) is 1. The highest BCUT2D eigenvalue weighted by atomic mass is 32.1. The van der Waals surface area contributed by atoms with Crippen molar-refractivity contribution in [2.75, 3.05) is 6.54 Å². The molecular weight excluding hydrogens is 188 g/mol. The lowest BCUT2D eigenvalue weighted by Gasteiger charge is -2.23. The molecule has 0 aliphatic heterocycles. The van der Waals surface area contributed by atoms with E-state index in [4.69, 9.17) is 5.73 Å². The Hall–Kier alpha value is -1.36. The SMILES string of the molecule is C=CCN(C([O])=O)C(C=C)C(N)=S. The molecule has 0 aromatic rings. The monoisotopic (exact) mass is 199 g/mol. The Labute approximate surface area is 82.3 Å². The van der Waals surface area contributed by atoms with Gasteiger partial charge in [-0.25, -0.2) is 9.90 Å². The summed E-state index contributed by atoms with van der Waals surface area (Å²) < 4.78 is 0. The van der Waals surface area contributed by atoms with E-state index in [-0.39, 0.29) is 11.5 Å². The van der Waals surface area contributed by atoms with Gasteiger partial charge in [-0.1, -0.05) is 24.4 Å². The number of amides is 1. The van der Waals surface area contributed by atoms with Crippen LogP contribution in [0.4, 0.5) is 4.79 Å². The second kappa shape index (κ2) is 5.31. The van der Waals surface area contributed by atoms with E-state index in [0.717, 1.165) is 4.90 Å². The maximum absolute atomic E-state index is 10.6. The Kier molecular flexibility index (Phi) is 4.76. The van der Waals surface area contributed by atoms with Crippen LogP contribution in [-0.4, -0.2) is 28.6 Å². The van der Waals surface area contributed by atoms with E-state index in [2.05, 4.69) is 25.4 Å². The molecule has 2 N–H and O–H groups in total. The Morgan fingerprint density at radius 3 is 2.38 bits per heavy atom. The summed E-state index contributed by atoms with van der Waals surface area (Å²) in [4.78, 5) is 11.6. The first kappa shape index (κ1) is 11.6. The summed E-state index contributed by atoms with van der Waals surface area (Å²) in [6, 6.07) is -0.696. The van der Waals surface area contributed by atoms with Gasteiger partial charge >= 0.3 is 6.09 Å². The van der Waals surface area contributed by atoms with E-state index < -0.39 is 12.1 Å². The molecule has 0 saturated heterocycles. The van der Waals surface area contributed by atoms with E-state index in [1.54, 1.807) is 0 Å². The lowest BCUT2D eigenvalue weighted by Crippen LogP contribution is -2.45. The molecule has 0 heterocycles. The number of rotatable bonds is 5. The molecule has 0 aliphatic carbocycles. The first-order valence-electron chi connectivity index (χ1n) is 3.55. The highest BCUT2D eigenvalue weighted by Crippen LogP contribution is 2.02. The van der Waals surface area contributed by atoms with Gasteiger partial charge in [0.15, 0.2) is 0 Å². The minimum atomic E-state index is -1.35. The van der Waals surface area contributed by atoms with Crippen molar-refractivity contribution in [3.8, 4) is 0 Å². The van der Waals surface area contributed by atoms with Crippen molar-refractivity contribution < 1.29 is 9.90 Å². The summed E-state index contributed by atoms with van der Waals surface area (Å²) >= 11 is 4.67. The summed E-state index contributed by atoms with van der Waals surface area (Å²) in [5.41, 5.74) is 5.31. The average Bonchev–Trinajstić information content (AvgIpc) is 2.03. The predicted molar refractivity (Wildman–Crippen MR) is 53.8 cm³/mol. The van der Waals surface area contributed by atoms with Crippen LogP contribution in [0.15, 0.2) is 25.3 Å². The van der Waals surface area contributed by atoms with Crippen molar-refractivity contribution in [3.05, 3.63) is 25.3 Å². The molecule has 1 amide bonds. The average molecular weight is 199 g/mol. The van der Waals surface area contributed by atoms with Crippen molar-refractivity contribution in [3.63, 3.8) is 0 Å². The topological polar surface area (TPSA) is 66.2 Å². The molecule has 0 aromatic heterocycles. The zero-order valence-electron chi connectivity index (χ0n) is 7.10. The number of carbonyl (C=O) groups is 1. The van der Waals surface area contributed by atoms with Gasteiger partial charge < -0.3 is 5.73 Å². The van der Waals surface area contributed by atoms with Gasteiger partial charge in [-0.2, -0.15) is 0 Å². The summed E-state index contributed by atoms with van der Waals surface area (Å²) in [6.45, 7) is 6.95. The molecule has 1 radical (unpaired) electrons. The fourth-order valence-corrected chi connectivity index (χ4v) is 1.06. The molecule has 0 aromatic carbocycles. The van der Waals surface area contributed by atoms with Gasteiger partial charge in [-0.05, 0) is 0 Å². The minimum absolute atomic E-state index is 0.0426. The number of hydrogen-bond acceptors (Lipinski definition) is 2. The number of nitrogens with two attached hydrogens (primary N) is 1. The third-order valence-electron chi connectivity index (χ3n) is 1.41. The second-order valence-corrected chi connectivity index (χ2v) is 2.76. The molecule has 0 spiro atoms. The molecule has 5 heteroatoms. The van der Waals surface area contributed by atoms with Crippen LogP contribution in [0.1, 0.15) is 0 Å². The van der Waals surface area contributed by atoms with E-state index >= 15 is 0 Å². The third kappa shape index (κ3) is 3.25. The normalized spacial score (nSPS) is 11.4. The van der Waals surface area contributed by atoms with Crippen molar-refractivity contribution in [1.29, 1.82) is 0 Å². The number of carbonyl (C=O) groups excluding carboxylic acids is 1. The standard InChI is InChI=1S/C8H11N2O2S/c1-3-5-10(8(11)12)6(4-2)7(9)13/h3-4,6H,1-2,5H2,(H2,9,13). The Morgan fingerprint density at radius 2 is 2.15 bits per heavy atom. The van der Waals surface area contributed by atoms with Crippen LogP contribution in [0.3, 0.4) is 0 Å². The van der Waals surface area contributed by atoms with E-state index in [9.17, 15) is 9.90 Å². The largest absolute Gasteiger partial charge is 0.454 e. The van der Waals surface area contributed by atoms with Crippen LogP contribution >= 0.6 is 12.2 Å². The summed E-state index contributed by atoms with van der Waals surface area (Å²) in [5, 5.41) is 10.6. The Morgan fingerprint density at radius 1 is 1.62 bits per heavy atom. The zero-order valence-corrected chi connectivity index (χ0v) is 7.92. The van der Waals surface area contributed by atoms with Crippen molar-refractivity contribution in [2.24, 2.45) is 5.73 Å². The fourth-order valence-electron chi connectivity index (χ4n) is 0.838. The van der Waals surface area contributed by atoms with E-state index in [1.165, 1.54) is 12.2 Å². The van der Waals surface area contributed by atoms with Gasteiger partial charge in [0.05, 0.1) is 4.99 Å². The van der Waals surface area contributed by atoms with Gasteiger partial charge in [-0.15, -0.1) is 13.2 Å². The van der Waals surface area contributed by atoms with Crippen LogP contribution in [0, 0.1) is 0 Å². The van der Waals surface area contributed by atoms with Crippen LogP contribution in [-0.2, 0) is 5.11 Å². The number of thiocarbonyl (C=S) groups is 1. The molecular formula is C8H11N2O2S. The molecule has 0 aliphatic rings. The van der Waals surface area contributed by atoms with E-state index in [1.807, 2.05) is 0 Å². The van der Waals surface area contributed by atoms with Gasteiger partial charge in [0.1, 0.15) is 6.04 Å². The Bertz CT molecular complexity index is 240. The molecule has 71 valence electrons. The predicted octanol–water partition coefficient (Wildman–Crippen LogP) is 0.866. The smallest absolute Gasteiger partial charge is 0.391 e. The summed E-state index contributed by atoms with van der Waals surface area (Å²) in [5.74, 6) is 0. The molecule has 0 bridgehead atoms. The molecule has 0 saturated carbocycles. The maximum atomic E-state index is 10.6. The van der Waals surface area contributed by atoms with Crippen LogP contribution in [0.2, 0.25) is 0 Å². The van der Waals surface area contributed by atoms with Gasteiger partial charge in [0.2, 0.25) is 0 Å². The highest BCUT2D eigenvalue weighted by molar-refractivity contribution is 7.80. The summed E-state index contributed by atoms with van der Waals surface area (Å²) in [7, 11) is 0. The zero-order chi connectivity index (χ0) is 10.4. The molecule has 4 nitrogen and oxygen atoms in total. The quantitative estimate of drug-likeness (QED) is 0.527. The first-order valence-corrected chi connectivity index (χ1v) is 3.95. The molecule has 0 fully saturated rings. The lowest BCUT2D eigenvalue weighted by molar-refractivity contribution is 0.123. The number of hydrogen-bond donors (Lipinski definition) is 1. The molecule has 13 heavy (non-hydrogen) atoms. The second-order valence-electron chi connectivity index (χ2n) is 2.29.